The van der Waals surface area contributed by atoms with Crippen molar-refractivity contribution in [2.75, 3.05) is 45.2 Å². The van der Waals surface area contributed by atoms with Crippen molar-refractivity contribution in [2.45, 2.75) is 69.4 Å². The number of aromatic nitrogens is 5. The van der Waals surface area contributed by atoms with Gasteiger partial charge in [-0.3, -0.25) is 38.3 Å². The van der Waals surface area contributed by atoms with Gasteiger partial charge in [0.15, 0.2) is 5.82 Å². The molecule has 6 aromatic rings. The molecule has 0 spiro atoms. The van der Waals surface area contributed by atoms with Gasteiger partial charge in [0.1, 0.15) is 6.04 Å². The Labute approximate surface area is 358 Å². The molecule has 4 amide bonds. The summed E-state index contributed by atoms with van der Waals surface area (Å²) in [5, 5.41) is 6.99. The standard InChI is InChI=1S/C47H52FN9O5/c1-51(2)46(61)33-26-34(43-35(27-33)41(48)42(52(43)3)32-8-6-21-55(28-32)40(59)19-25-56-22-7-20-49-56)31-13-11-29(12-14-31)30-17-23-54(24-18-30)36-9-5-10-37-44(36)53(4)47(62)57(37)38-15-16-39(58)50-45(38)60/h5,7,9-14,20,22,26-27,30,32,38H,6,8,15-19,21,23-25,28H2,1-4H3,(H,50,58,60)/t32-,38?/m0/s1. The van der Waals surface area contributed by atoms with Crippen molar-refractivity contribution < 1.29 is 23.6 Å². The average Bonchev–Trinajstić information content (AvgIpc) is 3.97. The van der Waals surface area contributed by atoms with Gasteiger partial charge in [-0.1, -0.05) is 30.3 Å². The van der Waals surface area contributed by atoms with E-state index < -0.39 is 11.9 Å². The van der Waals surface area contributed by atoms with Gasteiger partial charge in [0.2, 0.25) is 17.7 Å². The number of imidazole rings is 1. The van der Waals surface area contributed by atoms with Crippen LogP contribution in [0, 0.1) is 5.82 Å². The molecular weight excluding hydrogens is 790 g/mol. The van der Waals surface area contributed by atoms with Gasteiger partial charge in [-0.25, -0.2) is 9.18 Å². The highest BCUT2D eigenvalue weighted by molar-refractivity contribution is 6.04. The lowest BCUT2D eigenvalue weighted by atomic mass is 9.88. The summed E-state index contributed by atoms with van der Waals surface area (Å²) in [6.07, 6.45) is 7.60. The third-order valence-electron chi connectivity index (χ3n) is 13.3. The van der Waals surface area contributed by atoms with Crippen molar-refractivity contribution in [3.8, 4) is 11.1 Å². The second-order valence-corrected chi connectivity index (χ2v) is 17.3. The summed E-state index contributed by atoms with van der Waals surface area (Å²) in [6, 6.07) is 18.8. The molecule has 3 aliphatic heterocycles. The van der Waals surface area contributed by atoms with Gasteiger partial charge in [-0.2, -0.15) is 5.10 Å². The maximum atomic E-state index is 16.9. The minimum Gasteiger partial charge on any atom is -0.370 e. The Bertz CT molecular complexity index is 2780. The summed E-state index contributed by atoms with van der Waals surface area (Å²) >= 11 is 0. The number of halogens is 1. The molecule has 6 heterocycles. The summed E-state index contributed by atoms with van der Waals surface area (Å²) in [5.41, 5.74) is 6.60. The highest BCUT2D eigenvalue weighted by Gasteiger charge is 2.34. The molecule has 2 atom stereocenters. The fourth-order valence-electron chi connectivity index (χ4n) is 10.1. The molecule has 3 fully saturated rings. The maximum Gasteiger partial charge on any atom is 0.329 e. The van der Waals surface area contributed by atoms with Crippen molar-refractivity contribution in [3.63, 3.8) is 0 Å². The molecule has 0 radical (unpaired) electrons. The first-order chi connectivity index (χ1) is 29.9. The Hall–Kier alpha value is -6.51. The van der Waals surface area contributed by atoms with E-state index in [0.717, 1.165) is 61.1 Å². The highest BCUT2D eigenvalue weighted by atomic mass is 19.1. The van der Waals surface area contributed by atoms with Crippen LogP contribution in [0.15, 0.2) is 77.9 Å². The summed E-state index contributed by atoms with van der Waals surface area (Å²) in [7, 11) is 7.00. The van der Waals surface area contributed by atoms with Crippen LogP contribution < -0.4 is 15.9 Å². The number of para-hydroxylation sites is 1. The third kappa shape index (κ3) is 7.26. The van der Waals surface area contributed by atoms with Gasteiger partial charge in [0.05, 0.1) is 27.9 Å². The largest absolute Gasteiger partial charge is 0.370 e. The van der Waals surface area contributed by atoms with Crippen LogP contribution in [-0.2, 0) is 35.0 Å². The number of benzene rings is 3. The summed E-state index contributed by atoms with van der Waals surface area (Å²) in [6.45, 7) is 3.07. The number of aryl methyl sites for hydroxylation is 3. The number of carbonyl (C=O) groups excluding carboxylic acids is 4. The van der Waals surface area contributed by atoms with E-state index in [1.54, 1.807) is 42.7 Å². The first-order valence-corrected chi connectivity index (χ1v) is 21.6. The molecule has 9 rings (SSSR count). The number of amides is 4. The molecule has 1 unspecified atom stereocenters. The number of likely N-dealkylation sites (tertiary alicyclic amines) is 1. The first kappa shape index (κ1) is 40.9. The zero-order valence-electron chi connectivity index (χ0n) is 35.6. The zero-order chi connectivity index (χ0) is 43.4. The van der Waals surface area contributed by atoms with Gasteiger partial charge in [0, 0.05) is 109 Å². The minimum atomic E-state index is -0.744. The maximum absolute atomic E-state index is 16.9. The second kappa shape index (κ2) is 16.4. The molecule has 3 saturated heterocycles. The van der Waals surface area contributed by atoms with Crippen molar-refractivity contribution in [2.24, 2.45) is 14.1 Å². The molecule has 322 valence electrons. The Balaban J connectivity index is 0.963. The number of nitrogens with zero attached hydrogens (tertiary/aromatic N) is 8. The van der Waals surface area contributed by atoms with Crippen LogP contribution in [0.3, 0.4) is 0 Å². The molecule has 0 saturated carbocycles. The van der Waals surface area contributed by atoms with Crippen LogP contribution in [0.25, 0.3) is 33.1 Å². The lowest BCUT2D eigenvalue weighted by Gasteiger charge is -2.34. The molecule has 62 heavy (non-hydrogen) atoms. The number of nitrogens with one attached hydrogen (secondary N) is 1. The summed E-state index contributed by atoms with van der Waals surface area (Å²) < 4.78 is 23.7. The highest BCUT2D eigenvalue weighted by Crippen LogP contribution is 2.41. The number of hydrogen-bond donors (Lipinski definition) is 1. The molecule has 3 aliphatic rings. The number of carbonyl (C=O) groups is 4. The molecule has 14 nitrogen and oxygen atoms in total. The number of rotatable bonds is 9. The van der Waals surface area contributed by atoms with E-state index in [4.69, 9.17) is 0 Å². The van der Waals surface area contributed by atoms with E-state index in [2.05, 4.69) is 39.6 Å². The summed E-state index contributed by atoms with van der Waals surface area (Å²) in [5.74, 6) is -1.22. The average molecular weight is 842 g/mol. The van der Waals surface area contributed by atoms with Crippen molar-refractivity contribution in [1.82, 2.24) is 38.6 Å². The predicted molar refractivity (Wildman–Crippen MR) is 235 cm³/mol. The van der Waals surface area contributed by atoms with E-state index in [9.17, 15) is 24.0 Å². The van der Waals surface area contributed by atoms with Gasteiger partial charge >= 0.3 is 5.69 Å². The van der Waals surface area contributed by atoms with Crippen LogP contribution in [0.1, 0.15) is 84.4 Å². The topological polar surface area (TPSA) is 140 Å². The Kier molecular flexibility index (Phi) is 10.8. The number of anilines is 1. The van der Waals surface area contributed by atoms with Crippen LogP contribution >= 0.6 is 0 Å². The zero-order valence-corrected chi connectivity index (χ0v) is 35.6. The van der Waals surface area contributed by atoms with Gasteiger partial charge < -0.3 is 19.3 Å². The Morgan fingerprint density at radius 1 is 0.887 bits per heavy atom. The van der Waals surface area contributed by atoms with E-state index in [0.29, 0.717) is 53.7 Å². The second-order valence-electron chi connectivity index (χ2n) is 17.3. The lowest BCUT2D eigenvalue weighted by molar-refractivity contribution is -0.136. The van der Waals surface area contributed by atoms with Gasteiger partial charge in [-0.15, -0.1) is 0 Å². The molecule has 3 aromatic carbocycles. The van der Waals surface area contributed by atoms with Crippen molar-refractivity contribution >= 4 is 51.3 Å². The van der Waals surface area contributed by atoms with Crippen LogP contribution in [0.5, 0.6) is 0 Å². The number of piperidine rings is 3. The van der Waals surface area contributed by atoms with Crippen molar-refractivity contribution in [1.29, 1.82) is 0 Å². The van der Waals surface area contributed by atoms with Gasteiger partial charge in [0.25, 0.3) is 5.91 Å². The first-order valence-electron chi connectivity index (χ1n) is 21.6. The predicted octanol–water partition coefficient (Wildman–Crippen LogP) is 5.69. The SMILES string of the molecule is CN(C)C(=O)c1cc(-c2ccc(C3CCN(c4cccc5c4n(C)c(=O)n5C4CCC(=O)NC4=O)CC3)cc2)c2c(c1)c(F)c([C@H]1CCCN(C(=O)CCn3cccn3)C1)n2C. The minimum absolute atomic E-state index is 0.0285. The van der Waals surface area contributed by atoms with Gasteiger partial charge in [-0.05, 0) is 79.5 Å². The number of imide groups is 1. The lowest BCUT2D eigenvalue weighted by Crippen LogP contribution is -2.44. The molecule has 15 heteroatoms. The van der Waals surface area contributed by atoms with E-state index in [1.807, 2.05) is 53.0 Å². The number of hydrogen-bond acceptors (Lipinski definition) is 7. The quantitative estimate of drug-likeness (QED) is 0.185. The van der Waals surface area contributed by atoms with Crippen LogP contribution in [-0.4, -0.2) is 97.2 Å². The van der Waals surface area contributed by atoms with E-state index in [-0.39, 0.29) is 53.9 Å². The van der Waals surface area contributed by atoms with Crippen LogP contribution in [0.2, 0.25) is 0 Å². The third-order valence-corrected chi connectivity index (χ3v) is 13.3. The molecule has 0 bridgehead atoms. The molecule has 0 aliphatic carbocycles. The van der Waals surface area contributed by atoms with Crippen molar-refractivity contribution in [3.05, 3.63) is 106 Å². The Morgan fingerprint density at radius 3 is 2.37 bits per heavy atom. The molecule has 1 N–H and O–H groups in total. The monoisotopic (exact) mass is 841 g/mol. The fourth-order valence-corrected chi connectivity index (χ4v) is 10.1. The van der Waals surface area contributed by atoms with Crippen LogP contribution in [0.4, 0.5) is 10.1 Å². The van der Waals surface area contributed by atoms with E-state index in [1.165, 1.54) is 15.0 Å². The molecular formula is C47H52FN9O5. The normalized spacial score (nSPS) is 18.8. The fraction of sp³-hybridized carbons (Fsp3) is 0.404. The molecule has 3 aromatic heterocycles. The Morgan fingerprint density at radius 2 is 1.66 bits per heavy atom. The van der Waals surface area contributed by atoms with E-state index >= 15 is 4.39 Å². The smallest absolute Gasteiger partial charge is 0.329 e. The number of fused-ring (bicyclic) bond motifs is 2. The summed E-state index contributed by atoms with van der Waals surface area (Å²) in [4.78, 5) is 70.6.